The van der Waals surface area contributed by atoms with Gasteiger partial charge in [0.1, 0.15) is 11.7 Å². The molecule has 128 valence electrons. The van der Waals surface area contributed by atoms with Crippen molar-refractivity contribution in [1.29, 1.82) is 0 Å². The van der Waals surface area contributed by atoms with Gasteiger partial charge >= 0.3 is 0 Å². The van der Waals surface area contributed by atoms with Gasteiger partial charge in [0.05, 0.1) is 6.54 Å². The van der Waals surface area contributed by atoms with Gasteiger partial charge in [-0.25, -0.2) is 0 Å². The Bertz CT molecular complexity index is 551. The lowest BCUT2D eigenvalue weighted by Gasteiger charge is -2.27. The third-order valence-electron chi connectivity index (χ3n) is 4.76. The van der Waals surface area contributed by atoms with E-state index in [1.807, 2.05) is 18.7 Å². The van der Waals surface area contributed by atoms with Crippen molar-refractivity contribution in [2.24, 2.45) is 0 Å². The lowest BCUT2D eigenvalue weighted by molar-refractivity contribution is -0.131. The quantitative estimate of drug-likeness (QED) is 0.818. The lowest BCUT2D eigenvalue weighted by Crippen LogP contribution is -2.42. The molecule has 3 rings (SSSR count). The number of aryl methyl sites for hydroxylation is 1. The molecule has 0 saturated carbocycles. The number of carbonyl (C=O) groups is 1. The van der Waals surface area contributed by atoms with Crippen molar-refractivity contribution in [2.75, 3.05) is 26.8 Å². The van der Waals surface area contributed by atoms with E-state index >= 15 is 0 Å². The highest BCUT2D eigenvalue weighted by Gasteiger charge is 2.51. The normalized spacial score (nSPS) is 27.5. The molecule has 23 heavy (non-hydrogen) atoms. The summed E-state index contributed by atoms with van der Waals surface area (Å²) in [7, 11) is 1.69. The predicted octanol–water partition coefficient (Wildman–Crippen LogP) is 1.53. The fourth-order valence-corrected chi connectivity index (χ4v) is 3.41. The molecule has 2 atom stereocenters. The molecule has 1 aromatic heterocycles. The first-order valence-electron chi connectivity index (χ1n) is 8.31. The highest BCUT2D eigenvalue weighted by molar-refractivity contribution is 5.77. The Morgan fingerprint density at radius 3 is 2.96 bits per heavy atom. The van der Waals surface area contributed by atoms with Crippen molar-refractivity contribution in [3.8, 4) is 0 Å². The minimum Gasteiger partial charge on any atom is -0.377 e. The summed E-state index contributed by atoms with van der Waals surface area (Å²) in [5.74, 6) is 1.52. The number of nitrogens with zero attached hydrogens (tertiary/aromatic N) is 3. The van der Waals surface area contributed by atoms with E-state index in [-0.39, 0.29) is 23.5 Å². The van der Waals surface area contributed by atoms with Gasteiger partial charge in [-0.15, -0.1) is 0 Å². The number of hydrogen-bond donors (Lipinski definition) is 0. The SMILES string of the molecule is CO[C@H]1CN(C(=O)CCc2nc(C(C)C)no2)C[C@@]12CCCO2. The van der Waals surface area contributed by atoms with Crippen LogP contribution in [0.25, 0.3) is 0 Å². The average molecular weight is 323 g/mol. The summed E-state index contributed by atoms with van der Waals surface area (Å²) in [6, 6.07) is 0. The summed E-state index contributed by atoms with van der Waals surface area (Å²) < 4.78 is 16.7. The molecular formula is C16H25N3O4. The standard InChI is InChI=1S/C16H25N3O4/c1-11(2)15-17-13(23-18-15)5-6-14(20)19-9-12(21-3)16(10-19)7-4-8-22-16/h11-12H,4-10H2,1-3H3/t12-,16-/m0/s1. The van der Waals surface area contributed by atoms with Gasteiger partial charge in [0, 0.05) is 39.0 Å². The van der Waals surface area contributed by atoms with Crippen LogP contribution >= 0.6 is 0 Å². The molecular weight excluding hydrogens is 298 g/mol. The first kappa shape index (κ1) is 16.4. The van der Waals surface area contributed by atoms with Crippen molar-refractivity contribution in [3.63, 3.8) is 0 Å². The Kier molecular flexibility index (Phi) is 4.68. The highest BCUT2D eigenvalue weighted by Crippen LogP contribution is 2.36. The van der Waals surface area contributed by atoms with Gasteiger partial charge in [0.15, 0.2) is 5.82 Å². The third-order valence-corrected chi connectivity index (χ3v) is 4.76. The van der Waals surface area contributed by atoms with Crippen LogP contribution in [0.5, 0.6) is 0 Å². The van der Waals surface area contributed by atoms with Crippen LogP contribution in [0.3, 0.4) is 0 Å². The molecule has 1 aromatic rings. The van der Waals surface area contributed by atoms with Crippen LogP contribution in [0.4, 0.5) is 0 Å². The van der Waals surface area contributed by atoms with Crippen LogP contribution in [-0.2, 0) is 20.7 Å². The summed E-state index contributed by atoms with van der Waals surface area (Å²) >= 11 is 0. The van der Waals surface area contributed by atoms with Crippen molar-refractivity contribution < 1.29 is 18.8 Å². The Morgan fingerprint density at radius 1 is 1.52 bits per heavy atom. The van der Waals surface area contributed by atoms with E-state index in [1.54, 1.807) is 7.11 Å². The number of ether oxygens (including phenoxy) is 2. The fourth-order valence-electron chi connectivity index (χ4n) is 3.41. The largest absolute Gasteiger partial charge is 0.377 e. The highest BCUT2D eigenvalue weighted by atomic mass is 16.6. The van der Waals surface area contributed by atoms with Gasteiger partial charge < -0.3 is 18.9 Å². The smallest absolute Gasteiger partial charge is 0.227 e. The Balaban J connectivity index is 1.56. The van der Waals surface area contributed by atoms with E-state index in [1.165, 1.54) is 0 Å². The van der Waals surface area contributed by atoms with E-state index in [9.17, 15) is 4.79 Å². The molecule has 2 saturated heterocycles. The Morgan fingerprint density at radius 2 is 2.35 bits per heavy atom. The second kappa shape index (κ2) is 6.57. The van der Waals surface area contributed by atoms with Crippen LogP contribution in [0.1, 0.15) is 50.7 Å². The minimum atomic E-state index is -0.306. The molecule has 7 heteroatoms. The number of likely N-dealkylation sites (tertiary alicyclic amines) is 1. The monoisotopic (exact) mass is 323 g/mol. The summed E-state index contributed by atoms with van der Waals surface area (Å²) in [6.45, 7) is 5.98. The Labute approximate surface area is 136 Å². The minimum absolute atomic E-state index is 0.0371. The van der Waals surface area contributed by atoms with Crippen LogP contribution in [-0.4, -0.2) is 59.5 Å². The molecule has 0 aromatic carbocycles. The topological polar surface area (TPSA) is 77.7 Å². The van der Waals surface area contributed by atoms with Crippen LogP contribution in [0, 0.1) is 0 Å². The van der Waals surface area contributed by atoms with Crippen molar-refractivity contribution >= 4 is 5.91 Å². The summed E-state index contributed by atoms with van der Waals surface area (Å²) in [6.07, 6.45) is 2.79. The van der Waals surface area contributed by atoms with Crippen molar-refractivity contribution in [3.05, 3.63) is 11.7 Å². The number of amides is 1. The summed E-state index contributed by atoms with van der Waals surface area (Å²) in [4.78, 5) is 18.6. The number of carbonyl (C=O) groups excluding carboxylic acids is 1. The van der Waals surface area contributed by atoms with Crippen molar-refractivity contribution in [1.82, 2.24) is 15.0 Å². The molecule has 2 aliphatic rings. The Hall–Kier alpha value is -1.47. The second-order valence-electron chi connectivity index (χ2n) is 6.72. The zero-order chi connectivity index (χ0) is 16.4. The summed E-state index contributed by atoms with van der Waals surface area (Å²) in [5.41, 5.74) is -0.306. The summed E-state index contributed by atoms with van der Waals surface area (Å²) in [5, 5.41) is 3.92. The van der Waals surface area contributed by atoms with Gasteiger partial charge in [-0.1, -0.05) is 19.0 Å². The van der Waals surface area contributed by atoms with E-state index in [0.29, 0.717) is 37.6 Å². The maximum Gasteiger partial charge on any atom is 0.227 e. The van der Waals surface area contributed by atoms with E-state index in [2.05, 4.69) is 10.1 Å². The molecule has 0 radical (unpaired) electrons. The van der Waals surface area contributed by atoms with Gasteiger partial charge in [-0.3, -0.25) is 4.79 Å². The first-order chi connectivity index (χ1) is 11.0. The average Bonchev–Trinajstić information content (AvgIpc) is 3.25. The van der Waals surface area contributed by atoms with E-state index in [0.717, 1.165) is 19.4 Å². The molecule has 3 heterocycles. The molecule has 2 fully saturated rings. The van der Waals surface area contributed by atoms with Crippen LogP contribution < -0.4 is 0 Å². The van der Waals surface area contributed by atoms with Gasteiger partial charge in [-0.2, -0.15) is 4.98 Å². The molecule has 7 nitrogen and oxygen atoms in total. The number of aromatic nitrogens is 2. The van der Waals surface area contributed by atoms with Gasteiger partial charge in [0.25, 0.3) is 0 Å². The predicted molar refractivity (Wildman–Crippen MR) is 82.0 cm³/mol. The molecule has 0 bridgehead atoms. The molecule has 1 amide bonds. The van der Waals surface area contributed by atoms with Gasteiger partial charge in [0.2, 0.25) is 11.8 Å². The lowest BCUT2D eigenvalue weighted by atomic mass is 9.96. The van der Waals surface area contributed by atoms with Crippen LogP contribution in [0.2, 0.25) is 0 Å². The third kappa shape index (κ3) is 3.26. The molecule has 0 unspecified atom stereocenters. The van der Waals surface area contributed by atoms with E-state index in [4.69, 9.17) is 14.0 Å². The second-order valence-corrected chi connectivity index (χ2v) is 6.72. The maximum atomic E-state index is 12.5. The number of rotatable bonds is 5. The molecule has 0 N–H and O–H groups in total. The van der Waals surface area contributed by atoms with Crippen LogP contribution in [0.15, 0.2) is 4.52 Å². The first-order valence-corrected chi connectivity index (χ1v) is 8.31. The molecule has 0 aliphatic carbocycles. The number of methoxy groups -OCH3 is 1. The number of hydrogen-bond acceptors (Lipinski definition) is 6. The van der Waals surface area contributed by atoms with Gasteiger partial charge in [-0.05, 0) is 12.8 Å². The maximum absolute atomic E-state index is 12.5. The fraction of sp³-hybridized carbons (Fsp3) is 0.812. The molecule has 2 aliphatic heterocycles. The zero-order valence-electron chi connectivity index (χ0n) is 14.1. The molecule has 1 spiro atoms. The zero-order valence-corrected chi connectivity index (χ0v) is 14.1. The van der Waals surface area contributed by atoms with Crippen molar-refractivity contribution in [2.45, 2.75) is 57.2 Å². The van der Waals surface area contributed by atoms with E-state index < -0.39 is 0 Å².